The van der Waals surface area contributed by atoms with Gasteiger partial charge >= 0.3 is 0 Å². The molecule has 0 saturated carbocycles. The van der Waals surface area contributed by atoms with Gasteiger partial charge in [-0.2, -0.15) is 0 Å². The van der Waals surface area contributed by atoms with Crippen molar-refractivity contribution in [3.63, 3.8) is 0 Å². The third kappa shape index (κ3) is 1.91. The number of allylic oxidation sites excluding steroid dienone is 1. The molecule has 1 aromatic carbocycles. The molecule has 0 radical (unpaired) electrons. The zero-order chi connectivity index (χ0) is 11.5. The van der Waals surface area contributed by atoms with Crippen LogP contribution >= 0.6 is 0 Å². The summed E-state index contributed by atoms with van der Waals surface area (Å²) in [5.74, 6) is 1.17. The van der Waals surface area contributed by atoms with Gasteiger partial charge in [0.05, 0.1) is 6.20 Å². The molecule has 1 aromatic heterocycles. The Morgan fingerprint density at radius 1 is 1.18 bits per heavy atom. The summed E-state index contributed by atoms with van der Waals surface area (Å²) in [5, 5.41) is 3.92. The average Bonchev–Trinajstić information content (AvgIpc) is 2.90. The molecule has 3 rings (SSSR count). The van der Waals surface area contributed by atoms with Crippen LogP contribution in [0.15, 0.2) is 58.3 Å². The van der Waals surface area contributed by atoms with E-state index in [-0.39, 0.29) is 0 Å². The summed E-state index contributed by atoms with van der Waals surface area (Å²) in [6, 6.07) is 10.1. The molecule has 0 spiro atoms. The van der Waals surface area contributed by atoms with Gasteiger partial charge in [-0.3, -0.25) is 4.99 Å². The molecule has 0 amide bonds. The molecule has 2 heterocycles. The zero-order valence-electron chi connectivity index (χ0n) is 9.28. The third-order valence-corrected chi connectivity index (χ3v) is 2.90. The van der Waals surface area contributed by atoms with E-state index in [2.05, 4.69) is 16.2 Å². The number of nitrogens with zero attached hydrogens (tertiary/aromatic N) is 2. The molecule has 0 N–H and O–H groups in total. The Hall–Kier alpha value is -2.16. The SMILES string of the molecule is C1=CC(c2cnoc2-c2ccccc2)CC=N1. The summed E-state index contributed by atoms with van der Waals surface area (Å²) in [6.45, 7) is 0. The highest BCUT2D eigenvalue weighted by atomic mass is 16.5. The lowest BCUT2D eigenvalue weighted by Crippen LogP contribution is -1.99. The fourth-order valence-electron chi connectivity index (χ4n) is 2.02. The van der Waals surface area contributed by atoms with E-state index >= 15 is 0 Å². The predicted molar refractivity (Wildman–Crippen MR) is 66.9 cm³/mol. The van der Waals surface area contributed by atoms with Gasteiger partial charge in [-0.15, -0.1) is 0 Å². The van der Waals surface area contributed by atoms with E-state index in [1.165, 1.54) is 0 Å². The van der Waals surface area contributed by atoms with Crippen LogP contribution in [0.25, 0.3) is 11.3 Å². The van der Waals surface area contributed by atoms with Crippen molar-refractivity contribution in [1.29, 1.82) is 0 Å². The van der Waals surface area contributed by atoms with Crippen LogP contribution in [0, 0.1) is 0 Å². The Kier molecular flexibility index (Phi) is 2.58. The number of rotatable bonds is 2. The topological polar surface area (TPSA) is 38.4 Å². The number of hydrogen-bond donors (Lipinski definition) is 0. The molecule has 1 aliphatic heterocycles. The van der Waals surface area contributed by atoms with Crippen LogP contribution in [0.1, 0.15) is 17.9 Å². The molecule has 0 saturated heterocycles. The number of aromatic nitrogens is 1. The van der Waals surface area contributed by atoms with E-state index in [0.717, 1.165) is 23.3 Å². The molecule has 1 unspecified atom stereocenters. The van der Waals surface area contributed by atoms with Crippen LogP contribution in [0.2, 0.25) is 0 Å². The van der Waals surface area contributed by atoms with E-state index in [1.807, 2.05) is 42.7 Å². The average molecular weight is 224 g/mol. The fourth-order valence-corrected chi connectivity index (χ4v) is 2.02. The second-order valence-electron chi connectivity index (χ2n) is 3.99. The Balaban J connectivity index is 2.00. The van der Waals surface area contributed by atoms with Crippen molar-refractivity contribution in [1.82, 2.24) is 5.16 Å². The van der Waals surface area contributed by atoms with Crippen molar-refractivity contribution in [2.45, 2.75) is 12.3 Å². The molecule has 0 aliphatic carbocycles. The highest BCUT2D eigenvalue weighted by Crippen LogP contribution is 2.32. The maximum atomic E-state index is 5.38. The molecule has 3 heteroatoms. The van der Waals surface area contributed by atoms with Gasteiger partial charge in [-0.1, -0.05) is 41.6 Å². The summed E-state index contributed by atoms with van der Waals surface area (Å²) in [4.78, 5) is 4.08. The quantitative estimate of drug-likeness (QED) is 0.784. The smallest absolute Gasteiger partial charge is 0.170 e. The maximum absolute atomic E-state index is 5.38. The van der Waals surface area contributed by atoms with E-state index in [4.69, 9.17) is 4.52 Å². The summed E-state index contributed by atoms with van der Waals surface area (Å²) < 4.78 is 5.38. The van der Waals surface area contributed by atoms with Crippen LogP contribution in [-0.2, 0) is 0 Å². The number of benzene rings is 1. The van der Waals surface area contributed by atoms with Crippen LogP contribution < -0.4 is 0 Å². The normalized spacial score (nSPS) is 18.5. The molecule has 0 bridgehead atoms. The second-order valence-corrected chi connectivity index (χ2v) is 3.99. The fraction of sp³-hybridized carbons (Fsp3) is 0.143. The highest BCUT2D eigenvalue weighted by molar-refractivity contribution is 5.66. The lowest BCUT2D eigenvalue weighted by atomic mass is 9.94. The first-order valence-electron chi connectivity index (χ1n) is 5.63. The summed E-state index contributed by atoms with van der Waals surface area (Å²) in [6.07, 6.45) is 8.54. The van der Waals surface area contributed by atoms with Crippen molar-refractivity contribution >= 4 is 6.21 Å². The highest BCUT2D eigenvalue weighted by Gasteiger charge is 2.18. The lowest BCUT2D eigenvalue weighted by molar-refractivity contribution is 0.431. The van der Waals surface area contributed by atoms with Gasteiger partial charge in [-0.05, 0) is 6.42 Å². The molecule has 1 atom stereocenters. The minimum atomic E-state index is 0.314. The van der Waals surface area contributed by atoms with Gasteiger partial charge in [0, 0.05) is 29.5 Å². The van der Waals surface area contributed by atoms with Crippen LogP contribution in [0.3, 0.4) is 0 Å². The Morgan fingerprint density at radius 2 is 2.06 bits per heavy atom. The van der Waals surface area contributed by atoms with Crippen LogP contribution in [0.5, 0.6) is 0 Å². The van der Waals surface area contributed by atoms with Gasteiger partial charge in [0.1, 0.15) is 0 Å². The second kappa shape index (κ2) is 4.37. The van der Waals surface area contributed by atoms with Gasteiger partial charge < -0.3 is 4.52 Å². The first kappa shape index (κ1) is 10.0. The van der Waals surface area contributed by atoms with E-state index in [0.29, 0.717) is 5.92 Å². The molecular formula is C14H12N2O. The molecule has 0 fully saturated rings. The molecule has 17 heavy (non-hydrogen) atoms. The van der Waals surface area contributed by atoms with Crippen LogP contribution in [0.4, 0.5) is 0 Å². The lowest BCUT2D eigenvalue weighted by Gasteiger charge is -2.11. The predicted octanol–water partition coefficient (Wildman–Crippen LogP) is 3.41. The van der Waals surface area contributed by atoms with Gasteiger partial charge in [0.25, 0.3) is 0 Å². The zero-order valence-corrected chi connectivity index (χ0v) is 9.28. The minimum Gasteiger partial charge on any atom is -0.356 e. The van der Waals surface area contributed by atoms with Crippen molar-refractivity contribution in [2.24, 2.45) is 4.99 Å². The molecular weight excluding hydrogens is 212 g/mol. The number of aliphatic imine (C=N–C) groups is 1. The van der Waals surface area contributed by atoms with Gasteiger partial charge in [-0.25, -0.2) is 0 Å². The Morgan fingerprint density at radius 3 is 2.82 bits per heavy atom. The molecule has 2 aromatic rings. The molecule has 84 valence electrons. The van der Waals surface area contributed by atoms with Gasteiger partial charge in [0.2, 0.25) is 0 Å². The molecule has 3 nitrogen and oxygen atoms in total. The first-order valence-corrected chi connectivity index (χ1v) is 5.63. The standard InChI is InChI=1S/C14H12N2O/c1-2-4-12(5-3-1)14-13(10-16-17-14)11-6-8-15-9-7-11/h1-6,8-11H,7H2. The summed E-state index contributed by atoms with van der Waals surface area (Å²) >= 11 is 0. The number of hydrogen-bond acceptors (Lipinski definition) is 3. The minimum absolute atomic E-state index is 0.314. The van der Waals surface area contributed by atoms with E-state index < -0.39 is 0 Å². The largest absolute Gasteiger partial charge is 0.356 e. The van der Waals surface area contributed by atoms with E-state index in [1.54, 1.807) is 6.20 Å². The maximum Gasteiger partial charge on any atom is 0.170 e. The summed E-state index contributed by atoms with van der Waals surface area (Å²) in [7, 11) is 0. The van der Waals surface area contributed by atoms with Crippen molar-refractivity contribution in [2.75, 3.05) is 0 Å². The van der Waals surface area contributed by atoms with Crippen LogP contribution in [-0.4, -0.2) is 11.4 Å². The first-order chi connectivity index (χ1) is 8.45. The van der Waals surface area contributed by atoms with Crippen molar-refractivity contribution in [3.05, 3.63) is 54.4 Å². The van der Waals surface area contributed by atoms with Crippen molar-refractivity contribution < 1.29 is 4.52 Å². The Bertz CT molecular complexity index is 555. The summed E-state index contributed by atoms with van der Waals surface area (Å²) in [5.41, 5.74) is 2.19. The Labute approximate surface area is 99.5 Å². The van der Waals surface area contributed by atoms with Crippen molar-refractivity contribution in [3.8, 4) is 11.3 Å². The third-order valence-electron chi connectivity index (χ3n) is 2.90. The van der Waals surface area contributed by atoms with Gasteiger partial charge in [0.15, 0.2) is 5.76 Å². The monoisotopic (exact) mass is 224 g/mol. The van der Waals surface area contributed by atoms with E-state index in [9.17, 15) is 0 Å². The molecule has 1 aliphatic rings.